The van der Waals surface area contributed by atoms with Crippen molar-refractivity contribution in [3.8, 4) is 0 Å². The van der Waals surface area contributed by atoms with E-state index in [1.165, 1.54) is 19.0 Å². The maximum absolute atomic E-state index is 11.5. The molecule has 1 aliphatic rings. The Morgan fingerprint density at radius 2 is 2.21 bits per heavy atom. The lowest BCUT2D eigenvalue weighted by Crippen LogP contribution is -2.28. The fourth-order valence-corrected chi connectivity index (χ4v) is 2.18. The molecule has 0 fully saturated rings. The molecule has 3 nitrogen and oxygen atoms in total. The Kier molecular flexibility index (Phi) is 2.91. The lowest BCUT2D eigenvalue weighted by Gasteiger charge is -2.19. The largest absolute Gasteiger partial charge is 0.309 e. The van der Waals surface area contributed by atoms with E-state index in [0.29, 0.717) is 12.3 Å². The number of thiol groups is 1. The van der Waals surface area contributed by atoms with Crippen molar-refractivity contribution in [1.82, 2.24) is 9.55 Å². The van der Waals surface area contributed by atoms with Crippen LogP contribution in [0.2, 0.25) is 0 Å². The first kappa shape index (κ1) is 9.77. The molecule has 0 amide bonds. The van der Waals surface area contributed by atoms with E-state index < -0.39 is 0 Å². The molecular weight excluding hydrogens is 196 g/mol. The van der Waals surface area contributed by atoms with Gasteiger partial charge < -0.3 is 4.57 Å². The molecule has 0 spiro atoms. The van der Waals surface area contributed by atoms with Gasteiger partial charge in [-0.2, -0.15) is 12.6 Å². The van der Waals surface area contributed by atoms with Gasteiger partial charge in [0.15, 0.2) is 0 Å². The zero-order chi connectivity index (χ0) is 9.97. The average Bonchev–Trinajstić information content (AvgIpc) is 2.23. The Morgan fingerprint density at radius 3 is 3.00 bits per heavy atom. The van der Waals surface area contributed by atoms with Gasteiger partial charge in [0.25, 0.3) is 5.56 Å². The number of nitrogens with zero attached hydrogens (tertiary/aromatic N) is 2. The molecule has 0 atom stereocenters. The van der Waals surface area contributed by atoms with E-state index in [9.17, 15) is 4.79 Å². The minimum atomic E-state index is 0.0136. The van der Waals surface area contributed by atoms with Gasteiger partial charge in [-0.15, -0.1) is 0 Å². The number of aryl methyl sites for hydroxylation is 1. The van der Waals surface area contributed by atoms with Crippen LogP contribution in [-0.2, 0) is 19.4 Å². The lowest BCUT2D eigenvalue weighted by atomic mass is 10.0. The topological polar surface area (TPSA) is 34.9 Å². The van der Waals surface area contributed by atoms with Crippen molar-refractivity contribution in [3.05, 3.63) is 27.9 Å². The van der Waals surface area contributed by atoms with E-state index in [1.54, 1.807) is 0 Å². The molecule has 2 rings (SSSR count). The van der Waals surface area contributed by atoms with Crippen LogP contribution < -0.4 is 5.56 Å². The second-order valence-corrected chi connectivity index (χ2v) is 4.02. The summed E-state index contributed by atoms with van der Waals surface area (Å²) in [7, 11) is 0. The van der Waals surface area contributed by atoms with Crippen LogP contribution in [0.4, 0.5) is 0 Å². The first-order valence-corrected chi connectivity index (χ1v) is 5.64. The van der Waals surface area contributed by atoms with Crippen molar-refractivity contribution >= 4 is 12.6 Å². The first-order chi connectivity index (χ1) is 6.83. The van der Waals surface area contributed by atoms with Crippen molar-refractivity contribution in [2.75, 3.05) is 5.75 Å². The van der Waals surface area contributed by atoms with Crippen LogP contribution in [0.15, 0.2) is 11.0 Å². The fourth-order valence-electron chi connectivity index (χ4n) is 1.98. The minimum Gasteiger partial charge on any atom is -0.309 e. The van der Waals surface area contributed by atoms with Crippen molar-refractivity contribution in [2.45, 2.75) is 32.2 Å². The normalized spacial score (nSPS) is 15.2. The number of fused-ring (bicyclic) bond motifs is 1. The van der Waals surface area contributed by atoms with Gasteiger partial charge >= 0.3 is 0 Å². The second kappa shape index (κ2) is 4.17. The Balaban J connectivity index is 2.49. The number of hydrogen-bond acceptors (Lipinski definition) is 3. The Bertz CT molecular complexity index is 386. The molecule has 76 valence electrons. The van der Waals surface area contributed by atoms with Crippen LogP contribution >= 0.6 is 12.6 Å². The third kappa shape index (κ3) is 1.71. The second-order valence-electron chi connectivity index (χ2n) is 3.57. The molecule has 0 aromatic carbocycles. The maximum Gasteiger partial charge on any atom is 0.269 e. The summed E-state index contributed by atoms with van der Waals surface area (Å²) in [5.41, 5.74) is 2.26. The van der Waals surface area contributed by atoms with Gasteiger partial charge in [0.1, 0.15) is 0 Å². The van der Waals surface area contributed by atoms with Gasteiger partial charge in [0.05, 0.1) is 11.9 Å². The van der Waals surface area contributed by atoms with Gasteiger partial charge in [0, 0.05) is 18.0 Å². The maximum atomic E-state index is 11.5. The molecule has 1 aromatic heterocycles. The number of hydrogen-bond donors (Lipinski definition) is 1. The van der Waals surface area contributed by atoms with Crippen molar-refractivity contribution in [1.29, 1.82) is 0 Å². The fraction of sp³-hybridized carbons (Fsp3) is 0.600. The third-order valence-corrected chi connectivity index (χ3v) is 2.86. The molecule has 0 aliphatic heterocycles. The molecule has 0 saturated heterocycles. The Morgan fingerprint density at radius 1 is 1.43 bits per heavy atom. The zero-order valence-corrected chi connectivity index (χ0v) is 8.96. The summed E-state index contributed by atoms with van der Waals surface area (Å²) in [5, 5.41) is 0. The summed E-state index contributed by atoms with van der Waals surface area (Å²) in [6.07, 6.45) is 5.81. The van der Waals surface area contributed by atoms with E-state index in [4.69, 9.17) is 0 Å². The van der Waals surface area contributed by atoms with Gasteiger partial charge in [-0.3, -0.25) is 9.78 Å². The van der Waals surface area contributed by atoms with Crippen molar-refractivity contribution in [3.63, 3.8) is 0 Å². The molecule has 0 bridgehead atoms. The molecule has 0 N–H and O–H groups in total. The summed E-state index contributed by atoms with van der Waals surface area (Å²) in [5.74, 6) is 0.705. The van der Waals surface area contributed by atoms with E-state index in [1.807, 2.05) is 4.57 Å². The highest BCUT2D eigenvalue weighted by atomic mass is 32.1. The summed E-state index contributed by atoms with van der Waals surface area (Å²) in [6.45, 7) is 0.701. The standard InChI is InChI=1S/C10H14N2OS/c13-10-7-11-8-3-1-2-4-9(8)12(10)5-6-14/h7,14H,1-6H2. The van der Waals surface area contributed by atoms with Crippen LogP contribution in [-0.4, -0.2) is 15.3 Å². The van der Waals surface area contributed by atoms with Gasteiger partial charge in [-0.25, -0.2) is 0 Å². The quantitative estimate of drug-likeness (QED) is 0.741. The Labute approximate surface area is 88.6 Å². The van der Waals surface area contributed by atoms with E-state index in [-0.39, 0.29) is 5.56 Å². The Hall–Kier alpha value is -0.770. The summed E-state index contributed by atoms with van der Waals surface area (Å²) in [6, 6.07) is 0. The SMILES string of the molecule is O=c1cnc2c(n1CCS)CCCC2. The van der Waals surface area contributed by atoms with Gasteiger partial charge in [0.2, 0.25) is 0 Å². The average molecular weight is 210 g/mol. The monoisotopic (exact) mass is 210 g/mol. The van der Waals surface area contributed by atoms with Crippen molar-refractivity contribution in [2.24, 2.45) is 0 Å². The van der Waals surface area contributed by atoms with Crippen LogP contribution in [0.25, 0.3) is 0 Å². The molecular formula is C10H14N2OS. The molecule has 0 radical (unpaired) electrons. The van der Waals surface area contributed by atoms with E-state index >= 15 is 0 Å². The summed E-state index contributed by atoms with van der Waals surface area (Å²) >= 11 is 4.17. The molecule has 4 heteroatoms. The first-order valence-electron chi connectivity index (χ1n) is 5.01. The highest BCUT2D eigenvalue weighted by Gasteiger charge is 2.14. The molecule has 1 heterocycles. The summed E-state index contributed by atoms with van der Waals surface area (Å²) < 4.78 is 1.83. The molecule has 14 heavy (non-hydrogen) atoms. The molecule has 1 aliphatic carbocycles. The lowest BCUT2D eigenvalue weighted by molar-refractivity contribution is 0.577. The number of rotatable bonds is 2. The molecule has 0 saturated carbocycles. The van der Waals surface area contributed by atoms with Crippen LogP contribution in [0, 0.1) is 0 Å². The highest BCUT2D eigenvalue weighted by molar-refractivity contribution is 7.80. The smallest absolute Gasteiger partial charge is 0.269 e. The van der Waals surface area contributed by atoms with Gasteiger partial charge in [-0.1, -0.05) is 0 Å². The minimum absolute atomic E-state index is 0.0136. The molecule has 1 aromatic rings. The van der Waals surface area contributed by atoms with E-state index in [0.717, 1.165) is 24.2 Å². The molecule has 0 unspecified atom stereocenters. The highest BCUT2D eigenvalue weighted by Crippen LogP contribution is 2.17. The predicted octanol–water partition coefficient (Wildman–Crippen LogP) is 1.05. The van der Waals surface area contributed by atoms with Crippen molar-refractivity contribution < 1.29 is 0 Å². The number of aromatic nitrogens is 2. The van der Waals surface area contributed by atoms with Gasteiger partial charge in [-0.05, 0) is 25.7 Å². The van der Waals surface area contributed by atoms with Crippen LogP contribution in [0.5, 0.6) is 0 Å². The predicted molar refractivity (Wildman–Crippen MR) is 59.0 cm³/mol. The summed E-state index contributed by atoms with van der Waals surface area (Å²) in [4.78, 5) is 15.8. The van der Waals surface area contributed by atoms with E-state index in [2.05, 4.69) is 17.6 Å². The zero-order valence-electron chi connectivity index (χ0n) is 8.07. The van der Waals surface area contributed by atoms with Crippen LogP contribution in [0.3, 0.4) is 0 Å². The third-order valence-electron chi connectivity index (χ3n) is 2.66. The van der Waals surface area contributed by atoms with Crippen LogP contribution in [0.1, 0.15) is 24.2 Å².